The Hall–Kier alpha value is -1.65. The van der Waals surface area contributed by atoms with Crippen LogP contribution in [0.3, 0.4) is 0 Å². The van der Waals surface area contributed by atoms with Gasteiger partial charge in [-0.1, -0.05) is 6.42 Å². The summed E-state index contributed by atoms with van der Waals surface area (Å²) in [4.78, 5) is 22.3. The molecule has 0 amide bonds. The fraction of sp³-hybridized carbons (Fsp3) is 0.667. The van der Waals surface area contributed by atoms with Gasteiger partial charge in [0.1, 0.15) is 18.2 Å². The second-order valence-corrected chi connectivity index (χ2v) is 5.73. The van der Waals surface area contributed by atoms with Crippen molar-refractivity contribution in [3.05, 3.63) is 17.6 Å². The van der Waals surface area contributed by atoms with Crippen LogP contribution in [0.2, 0.25) is 0 Å². The summed E-state index contributed by atoms with van der Waals surface area (Å²) < 4.78 is 0. The minimum absolute atomic E-state index is 0.425. The minimum atomic E-state index is -0.731. The fourth-order valence-corrected chi connectivity index (χ4v) is 3.37. The topological polar surface area (TPSA) is 66.3 Å². The van der Waals surface area contributed by atoms with Gasteiger partial charge in [-0.05, 0) is 44.9 Å². The molecule has 1 aliphatic heterocycles. The minimum Gasteiger partial charge on any atom is -0.480 e. The van der Waals surface area contributed by atoms with Crippen molar-refractivity contribution in [2.45, 2.75) is 57.4 Å². The SMILES string of the molecule is O=C(O)C1CCCCN1c1ncnc2c1CCCCC2. The summed E-state index contributed by atoms with van der Waals surface area (Å²) in [5.74, 6) is 0.148. The lowest BCUT2D eigenvalue weighted by Crippen LogP contribution is -2.45. The molecule has 20 heavy (non-hydrogen) atoms. The molecule has 1 aromatic rings. The summed E-state index contributed by atoms with van der Waals surface area (Å²) in [5, 5.41) is 9.44. The zero-order valence-corrected chi connectivity index (χ0v) is 11.7. The molecule has 0 aromatic carbocycles. The molecule has 1 aromatic heterocycles. The molecule has 1 aliphatic carbocycles. The first kappa shape index (κ1) is 13.3. The van der Waals surface area contributed by atoms with Crippen LogP contribution < -0.4 is 4.90 Å². The molecular formula is C15H21N3O2. The van der Waals surface area contributed by atoms with E-state index in [1.54, 1.807) is 6.33 Å². The highest BCUT2D eigenvalue weighted by atomic mass is 16.4. The number of fused-ring (bicyclic) bond motifs is 1. The van der Waals surface area contributed by atoms with Crippen molar-refractivity contribution in [2.24, 2.45) is 0 Å². The molecule has 2 heterocycles. The highest BCUT2D eigenvalue weighted by Gasteiger charge is 2.31. The largest absolute Gasteiger partial charge is 0.480 e. The molecule has 0 spiro atoms. The summed E-state index contributed by atoms with van der Waals surface area (Å²) in [6.45, 7) is 0.792. The number of carbonyl (C=O) groups is 1. The summed E-state index contributed by atoms with van der Waals surface area (Å²) in [7, 11) is 0. The van der Waals surface area contributed by atoms with E-state index in [2.05, 4.69) is 9.97 Å². The number of anilines is 1. The number of aryl methyl sites for hydroxylation is 1. The maximum atomic E-state index is 11.5. The van der Waals surface area contributed by atoms with Gasteiger partial charge in [-0.25, -0.2) is 14.8 Å². The normalized spacial score (nSPS) is 23.0. The Balaban J connectivity index is 1.98. The van der Waals surface area contributed by atoms with Gasteiger partial charge in [0.15, 0.2) is 0 Å². The monoisotopic (exact) mass is 275 g/mol. The summed E-state index contributed by atoms with van der Waals surface area (Å²) in [5.41, 5.74) is 2.32. The predicted molar refractivity (Wildman–Crippen MR) is 75.9 cm³/mol. The van der Waals surface area contributed by atoms with Crippen molar-refractivity contribution in [3.63, 3.8) is 0 Å². The standard InChI is InChI=1S/C15H21N3O2/c19-15(20)13-8-4-5-9-18(13)14-11-6-2-1-3-7-12(11)16-10-17-14/h10,13H,1-9H2,(H,19,20). The highest BCUT2D eigenvalue weighted by Crippen LogP contribution is 2.30. The third-order valence-corrected chi connectivity index (χ3v) is 4.41. The van der Waals surface area contributed by atoms with Crippen LogP contribution in [0.5, 0.6) is 0 Å². The molecular weight excluding hydrogens is 254 g/mol. The second-order valence-electron chi connectivity index (χ2n) is 5.73. The number of nitrogens with zero attached hydrogens (tertiary/aromatic N) is 3. The van der Waals surface area contributed by atoms with E-state index < -0.39 is 12.0 Å². The van der Waals surface area contributed by atoms with Crippen LogP contribution in [0.25, 0.3) is 0 Å². The lowest BCUT2D eigenvalue weighted by atomic mass is 10.0. The average Bonchev–Trinajstić information content (AvgIpc) is 2.72. The molecule has 3 rings (SSSR count). The van der Waals surface area contributed by atoms with Gasteiger partial charge >= 0.3 is 5.97 Å². The van der Waals surface area contributed by atoms with Crippen molar-refractivity contribution in [2.75, 3.05) is 11.4 Å². The number of piperidine rings is 1. The van der Waals surface area contributed by atoms with Gasteiger partial charge < -0.3 is 10.0 Å². The first-order valence-corrected chi connectivity index (χ1v) is 7.59. The van der Waals surface area contributed by atoms with Crippen LogP contribution in [0, 0.1) is 0 Å². The molecule has 1 atom stereocenters. The predicted octanol–water partition coefficient (Wildman–Crippen LogP) is 2.19. The van der Waals surface area contributed by atoms with E-state index in [1.165, 1.54) is 18.4 Å². The van der Waals surface area contributed by atoms with Gasteiger partial charge in [0.05, 0.1) is 0 Å². The summed E-state index contributed by atoms with van der Waals surface area (Å²) in [6, 6.07) is -0.425. The Morgan fingerprint density at radius 1 is 1.15 bits per heavy atom. The molecule has 1 N–H and O–H groups in total. The molecule has 2 aliphatic rings. The molecule has 0 bridgehead atoms. The van der Waals surface area contributed by atoms with Crippen LogP contribution in [0.4, 0.5) is 5.82 Å². The van der Waals surface area contributed by atoms with Crippen LogP contribution >= 0.6 is 0 Å². The van der Waals surface area contributed by atoms with Crippen molar-refractivity contribution in [1.29, 1.82) is 0 Å². The number of carboxylic acid groups (broad SMARTS) is 1. The van der Waals surface area contributed by atoms with Crippen LogP contribution in [-0.4, -0.2) is 33.6 Å². The van der Waals surface area contributed by atoms with Crippen molar-refractivity contribution in [3.8, 4) is 0 Å². The van der Waals surface area contributed by atoms with E-state index in [0.717, 1.165) is 50.2 Å². The molecule has 1 saturated heterocycles. The lowest BCUT2D eigenvalue weighted by Gasteiger charge is -2.35. The Morgan fingerprint density at radius 2 is 2.00 bits per heavy atom. The Bertz CT molecular complexity index is 504. The molecule has 5 heteroatoms. The number of rotatable bonds is 2. The Kier molecular flexibility index (Phi) is 3.85. The van der Waals surface area contributed by atoms with E-state index in [-0.39, 0.29) is 0 Å². The smallest absolute Gasteiger partial charge is 0.326 e. The van der Waals surface area contributed by atoms with E-state index in [1.807, 2.05) is 4.90 Å². The molecule has 108 valence electrons. The zero-order chi connectivity index (χ0) is 13.9. The molecule has 0 radical (unpaired) electrons. The molecule has 5 nitrogen and oxygen atoms in total. The third kappa shape index (κ3) is 2.49. The van der Waals surface area contributed by atoms with Gasteiger partial charge in [-0.2, -0.15) is 0 Å². The maximum absolute atomic E-state index is 11.5. The van der Waals surface area contributed by atoms with Crippen LogP contribution in [0.1, 0.15) is 49.8 Å². The van der Waals surface area contributed by atoms with E-state index >= 15 is 0 Å². The van der Waals surface area contributed by atoms with Crippen molar-refractivity contribution < 1.29 is 9.90 Å². The molecule has 0 saturated carbocycles. The average molecular weight is 275 g/mol. The van der Waals surface area contributed by atoms with E-state index in [9.17, 15) is 9.90 Å². The highest BCUT2D eigenvalue weighted by molar-refractivity contribution is 5.78. The number of aliphatic carboxylic acids is 1. The van der Waals surface area contributed by atoms with Crippen molar-refractivity contribution >= 4 is 11.8 Å². The first-order valence-electron chi connectivity index (χ1n) is 7.59. The van der Waals surface area contributed by atoms with Gasteiger partial charge in [-0.3, -0.25) is 0 Å². The summed E-state index contributed by atoms with van der Waals surface area (Å²) >= 11 is 0. The van der Waals surface area contributed by atoms with Crippen LogP contribution in [-0.2, 0) is 17.6 Å². The van der Waals surface area contributed by atoms with Gasteiger partial charge in [0.2, 0.25) is 0 Å². The third-order valence-electron chi connectivity index (χ3n) is 4.41. The molecule has 1 fully saturated rings. The van der Waals surface area contributed by atoms with Gasteiger partial charge in [-0.15, -0.1) is 0 Å². The number of hydrogen-bond donors (Lipinski definition) is 1. The maximum Gasteiger partial charge on any atom is 0.326 e. The number of aromatic nitrogens is 2. The number of carboxylic acids is 1. The number of hydrogen-bond acceptors (Lipinski definition) is 4. The Labute approximate surface area is 119 Å². The van der Waals surface area contributed by atoms with Gasteiger partial charge in [0, 0.05) is 17.8 Å². The first-order chi connectivity index (χ1) is 9.77. The van der Waals surface area contributed by atoms with E-state index in [4.69, 9.17) is 0 Å². The quantitative estimate of drug-likeness (QED) is 0.838. The van der Waals surface area contributed by atoms with Gasteiger partial charge in [0.25, 0.3) is 0 Å². The molecule has 1 unspecified atom stereocenters. The van der Waals surface area contributed by atoms with Crippen molar-refractivity contribution in [1.82, 2.24) is 9.97 Å². The lowest BCUT2D eigenvalue weighted by molar-refractivity contribution is -0.139. The fourth-order valence-electron chi connectivity index (χ4n) is 3.37. The van der Waals surface area contributed by atoms with E-state index in [0.29, 0.717) is 6.42 Å². The summed E-state index contributed by atoms with van der Waals surface area (Å²) in [6.07, 6.45) is 9.87. The zero-order valence-electron chi connectivity index (χ0n) is 11.7. The second kappa shape index (κ2) is 5.77. The van der Waals surface area contributed by atoms with Crippen LogP contribution in [0.15, 0.2) is 6.33 Å². The Morgan fingerprint density at radius 3 is 2.85 bits per heavy atom.